The summed E-state index contributed by atoms with van der Waals surface area (Å²) in [7, 11) is 1.63. The maximum atomic E-state index is 9.43. The first-order chi connectivity index (χ1) is 12.2. The predicted molar refractivity (Wildman–Crippen MR) is 94.3 cm³/mol. The normalized spacial score (nSPS) is 17.6. The summed E-state index contributed by atoms with van der Waals surface area (Å²) in [6.07, 6.45) is 0.975. The highest BCUT2D eigenvalue weighted by Gasteiger charge is 2.23. The highest BCUT2D eigenvalue weighted by atomic mass is 16.5. The largest absolute Gasteiger partial charge is 0.496 e. The van der Waals surface area contributed by atoms with Gasteiger partial charge in [-0.15, -0.1) is 0 Å². The molecule has 0 saturated carbocycles. The number of rotatable bonds is 7. The van der Waals surface area contributed by atoms with Crippen molar-refractivity contribution in [2.24, 2.45) is 0 Å². The summed E-state index contributed by atoms with van der Waals surface area (Å²) in [4.78, 5) is 9.17. The predicted octanol–water partition coefficient (Wildman–Crippen LogP) is 1.63. The van der Waals surface area contributed by atoms with Gasteiger partial charge in [0, 0.05) is 32.2 Å². The number of ether oxygens (including phenoxy) is 1. The maximum absolute atomic E-state index is 9.43. The zero-order valence-corrected chi connectivity index (χ0v) is 14.9. The number of aliphatic hydroxyl groups is 1. The van der Waals surface area contributed by atoms with E-state index in [4.69, 9.17) is 9.26 Å². The van der Waals surface area contributed by atoms with Gasteiger partial charge in [-0.05, 0) is 18.6 Å². The molecule has 136 valence electrons. The molecule has 1 N–H and O–H groups in total. The number of hydrogen-bond donors (Lipinski definition) is 1. The minimum Gasteiger partial charge on any atom is -0.496 e. The van der Waals surface area contributed by atoms with Crippen LogP contribution in [0, 0.1) is 0 Å². The Bertz CT molecular complexity index is 664. The van der Waals surface area contributed by atoms with Crippen molar-refractivity contribution in [3.8, 4) is 17.1 Å². The molecule has 0 radical (unpaired) electrons. The van der Waals surface area contributed by atoms with Gasteiger partial charge in [0.05, 0.1) is 25.8 Å². The fourth-order valence-electron chi connectivity index (χ4n) is 3.24. The first-order valence-electron chi connectivity index (χ1n) is 8.78. The lowest BCUT2D eigenvalue weighted by Gasteiger charge is -2.37. The van der Waals surface area contributed by atoms with Crippen LogP contribution in [0.5, 0.6) is 5.75 Å². The van der Waals surface area contributed by atoms with Gasteiger partial charge in [-0.25, -0.2) is 0 Å². The van der Waals surface area contributed by atoms with Crippen LogP contribution >= 0.6 is 0 Å². The van der Waals surface area contributed by atoms with Crippen LogP contribution in [0.2, 0.25) is 0 Å². The van der Waals surface area contributed by atoms with E-state index in [1.165, 1.54) is 0 Å². The van der Waals surface area contributed by atoms with E-state index in [1.54, 1.807) is 7.11 Å². The molecule has 0 aliphatic carbocycles. The fraction of sp³-hybridized carbons (Fsp3) is 0.556. The van der Waals surface area contributed by atoms with Crippen LogP contribution in [0.4, 0.5) is 0 Å². The van der Waals surface area contributed by atoms with Crippen LogP contribution in [0.1, 0.15) is 19.2 Å². The van der Waals surface area contributed by atoms with E-state index >= 15 is 0 Å². The van der Waals surface area contributed by atoms with Crippen molar-refractivity contribution in [2.75, 3.05) is 39.9 Å². The van der Waals surface area contributed by atoms with Crippen LogP contribution in [0.25, 0.3) is 11.4 Å². The zero-order chi connectivity index (χ0) is 17.6. The summed E-state index contributed by atoms with van der Waals surface area (Å²) >= 11 is 0. The number of nitrogens with zero attached hydrogens (tertiary/aromatic N) is 4. The third kappa shape index (κ3) is 4.18. The highest BCUT2D eigenvalue weighted by molar-refractivity contribution is 5.63. The summed E-state index contributed by atoms with van der Waals surface area (Å²) in [6, 6.07) is 7.92. The van der Waals surface area contributed by atoms with Gasteiger partial charge in [-0.1, -0.05) is 24.2 Å². The molecule has 2 aromatic rings. The Labute approximate surface area is 148 Å². The van der Waals surface area contributed by atoms with Crippen molar-refractivity contribution in [1.82, 2.24) is 19.9 Å². The van der Waals surface area contributed by atoms with E-state index in [-0.39, 0.29) is 12.6 Å². The maximum Gasteiger partial charge on any atom is 0.241 e. The third-order valence-corrected chi connectivity index (χ3v) is 4.78. The number of benzene rings is 1. The van der Waals surface area contributed by atoms with Crippen LogP contribution in [-0.4, -0.2) is 71.0 Å². The Balaban J connectivity index is 1.59. The van der Waals surface area contributed by atoms with Crippen molar-refractivity contribution in [2.45, 2.75) is 25.9 Å². The van der Waals surface area contributed by atoms with Crippen molar-refractivity contribution >= 4 is 0 Å². The van der Waals surface area contributed by atoms with Crippen molar-refractivity contribution in [3.63, 3.8) is 0 Å². The van der Waals surface area contributed by atoms with Gasteiger partial charge in [-0.2, -0.15) is 4.98 Å². The average molecular weight is 346 g/mol. The van der Waals surface area contributed by atoms with Crippen molar-refractivity contribution < 1.29 is 14.4 Å². The van der Waals surface area contributed by atoms with Gasteiger partial charge in [0.1, 0.15) is 5.75 Å². The molecule has 1 saturated heterocycles. The summed E-state index contributed by atoms with van der Waals surface area (Å²) < 4.78 is 10.8. The molecule has 7 nitrogen and oxygen atoms in total. The molecule has 25 heavy (non-hydrogen) atoms. The molecule has 1 aliphatic heterocycles. The molecular weight excluding hydrogens is 320 g/mol. The van der Waals surface area contributed by atoms with E-state index < -0.39 is 0 Å². The van der Waals surface area contributed by atoms with E-state index in [1.807, 2.05) is 24.3 Å². The Morgan fingerprint density at radius 2 is 2.00 bits per heavy atom. The van der Waals surface area contributed by atoms with Gasteiger partial charge in [0.2, 0.25) is 11.7 Å². The first kappa shape index (κ1) is 17.8. The Kier molecular flexibility index (Phi) is 6.01. The van der Waals surface area contributed by atoms with Gasteiger partial charge in [0.15, 0.2) is 0 Å². The molecule has 1 unspecified atom stereocenters. The van der Waals surface area contributed by atoms with E-state index in [9.17, 15) is 5.11 Å². The van der Waals surface area contributed by atoms with E-state index in [0.717, 1.165) is 43.9 Å². The lowest BCUT2D eigenvalue weighted by molar-refractivity contribution is 0.0568. The second-order valence-electron chi connectivity index (χ2n) is 6.27. The summed E-state index contributed by atoms with van der Waals surface area (Å²) in [6.45, 7) is 6.75. The molecule has 1 aliphatic rings. The smallest absolute Gasteiger partial charge is 0.241 e. The van der Waals surface area contributed by atoms with Gasteiger partial charge < -0.3 is 14.4 Å². The zero-order valence-electron chi connectivity index (χ0n) is 14.9. The average Bonchev–Trinajstić information content (AvgIpc) is 3.12. The SMILES string of the molecule is CCC(CO)N1CCN(Cc2nc(-c3ccccc3OC)no2)CC1. The summed E-state index contributed by atoms with van der Waals surface area (Å²) in [5, 5.41) is 13.5. The molecule has 3 rings (SSSR count). The van der Waals surface area contributed by atoms with Gasteiger partial charge in [-0.3, -0.25) is 9.80 Å². The van der Waals surface area contributed by atoms with E-state index in [2.05, 4.69) is 26.9 Å². The lowest BCUT2D eigenvalue weighted by atomic mass is 10.1. The highest BCUT2D eigenvalue weighted by Crippen LogP contribution is 2.27. The standard InChI is InChI=1S/C18H26N4O3/c1-3-14(13-23)22-10-8-21(9-11-22)12-17-19-18(20-25-17)15-6-4-5-7-16(15)24-2/h4-7,14,23H,3,8-13H2,1-2H3. The Morgan fingerprint density at radius 3 is 2.68 bits per heavy atom. The topological polar surface area (TPSA) is 74.9 Å². The lowest BCUT2D eigenvalue weighted by Crippen LogP contribution is -2.50. The summed E-state index contributed by atoms with van der Waals surface area (Å²) in [5.41, 5.74) is 0.832. The first-order valence-corrected chi connectivity index (χ1v) is 8.78. The molecule has 1 atom stereocenters. The van der Waals surface area contributed by atoms with E-state index in [0.29, 0.717) is 18.3 Å². The molecule has 1 fully saturated rings. The molecule has 7 heteroatoms. The third-order valence-electron chi connectivity index (χ3n) is 4.78. The minimum atomic E-state index is 0.225. The van der Waals surface area contributed by atoms with Gasteiger partial charge >= 0.3 is 0 Å². The van der Waals surface area contributed by atoms with Gasteiger partial charge in [0.25, 0.3) is 0 Å². The number of methoxy groups -OCH3 is 1. The van der Waals surface area contributed by atoms with Crippen molar-refractivity contribution in [3.05, 3.63) is 30.2 Å². The number of aromatic nitrogens is 2. The second-order valence-corrected chi connectivity index (χ2v) is 6.27. The Hall–Kier alpha value is -1.96. The van der Waals surface area contributed by atoms with Crippen LogP contribution < -0.4 is 4.74 Å². The number of hydrogen-bond acceptors (Lipinski definition) is 7. The van der Waals surface area contributed by atoms with Crippen LogP contribution in [0.15, 0.2) is 28.8 Å². The fourth-order valence-corrected chi connectivity index (χ4v) is 3.24. The molecular formula is C18H26N4O3. The number of para-hydroxylation sites is 1. The second kappa shape index (κ2) is 8.42. The Morgan fingerprint density at radius 1 is 1.24 bits per heavy atom. The molecule has 0 spiro atoms. The quantitative estimate of drug-likeness (QED) is 0.817. The summed E-state index contributed by atoms with van der Waals surface area (Å²) in [5.74, 6) is 1.90. The molecule has 1 aromatic heterocycles. The van der Waals surface area contributed by atoms with Crippen molar-refractivity contribution in [1.29, 1.82) is 0 Å². The molecule has 2 heterocycles. The monoisotopic (exact) mass is 346 g/mol. The molecule has 0 amide bonds. The molecule has 1 aromatic carbocycles. The molecule has 0 bridgehead atoms. The number of aliphatic hydroxyl groups excluding tert-OH is 1. The minimum absolute atomic E-state index is 0.225. The van der Waals surface area contributed by atoms with Crippen LogP contribution in [-0.2, 0) is 6.54 Å². The number of piperazine rings is 1. The van der Waals surface area contributed by atoms with Crippen LogP contribution in [0.3, 0.4) is 0 Å².